The van der Waals surface area contributed by atoms with Crippen molar-refractivity contribution in [1.29, 1.82) is 0 Å². The third kappa shape index (κ3) is 3.98. The van der Waals surface area contributed by atoms with Gasteiger partial charge in [0.05, 0.1) is 36.8 Å². The Balaban J connectivity index is 1.34. The molecule has 2 aliphatic rings. The first-order valence-electron chi connectivity index (χ1n) is 9.65. The number of ether oxygens (including phenoxy) is 2. The van der Waals surface area contributed by atoms with Crippen molar-refractivity contribution in [3.8, 4) is 0 Å². The van der Waals surface area contributed by atoms with Gasteiger partial charge in [0, 0.05) is 39.0 Å². The molecule has 0 aliphatic carbocycles. The number of hydrogen-bond acceptors (Lipinski definition) is 5. The fourth-order valence-corrected chi connectivity index (χ4v) is 3.97. The largest absolute Gasteiger partial charge is 0.381 e. The second kappa shape index (κ2) is 8.29. The lowest BCUT2D eigenvalue weighted by Crippen LogP contribution is -2.41. The molecule has 4 rings (SSSR count). The predicted molar refractivity (Wildman–Crippen MR) is 98.5 cm³/mol. The van der Waals surface area contributed by atoms with Crippen LogP contribution in [0.1, 0.15) is 43.0 Å². The summed E-state index contributed by atoms with van der Waals surface area (Å²) in [4.78, 5) is 11.6. The van der Waals surface area contributed by atoms with Gasteiger partial charge in [-0.1, -0.05) is 6.07 Å². The van der Waals surface area contributed by atoms with Crippen LogP contribution in [0, 0.1) is 5.92 Å². The van der Waals surface area contributed by atoms with E-state index in [0.29, 0.717) is 19.3 Å². The first kappa shape index (κ1) is 17.6. The molecule has 1 unspecified atom stereocenters. The van der Waals surface area contributed by atoms with E-state index in [0.717, 1.165) is 50.2 Å². The Kier molecular flexibility index (Phi) is 5.62. The molecule has 4 heterocycles. The molecule has 6 heteroatoms. The highest BCUT2D eigenvalue weighted by atomic mass is 16.5. The van der Waals surface area contributed by atoms with E-state index in [4.69, 9.17) is 14.5 Å². The van der Waals surface area contributed by atoms with E-state index in [1.807, 2.05) is 24.4 Å². The summed E-state index contributed by atoms with van der Waals surface area (Å²) in [6.07, 6.45) is 6.14. The topological polar surface area (TPSA) is 52.4 Å². The maximum Gasteiger partial charge on any atom is 0.126 e. The van der Waals surface area contributed by atoms with Crippen molar-refractivity contribution < 1.29 is 9.47 Å². The first-order valence-corrected chi connectivity index (χ1v) is 9.65. The molecule has 2 aromatic heterocycles. The summed E-state index contributed by atoms with van der Waals surface area (Å²) in [7, 11) is 0. The highest BCUT2D eigenvalue weighted by Crippen LogP contribution is 2.28. The van der Waals surface area contributed by atoms with Gasteiger partial charge in [-0.05, 0) is 37.8 Å². The van der Waals surface area contributed by atoms with Gasteiger partial charge in [-0.3, -0.25) is 9.88 Å². The minimum Gasteiger partial charge on any atom is -0.381 e. The Hall–Kier alpha value is -1.76. The highest BCUT2D eigenvalue weighted by Gasteiger charge is 2.29. The summed E-state index contributed by atoms with van der Waals surface area (Å²) in [6.45, 7) is 8.45. The molecule has 26 heavy (non-hydrogen) atoms. The van der Waals surface area contributed by atoms with Crippen molar-refractivity contribution in [3.63, 3.8) is 0 Å². The van der Waals surface area contributed by atoms with Crippen molar-refractivity contribution in [2.75, 3.05) is 26.3 Å². The maximum atomic E-state index is 5.86. The normalized spacial score (nSPS) is 21.7. The summed E-state index contributed by atoms with van der Waals surface area (Å²) in [5, 5.41) is 0. The van der Waals surface area contributed by atoms with Gasteiger partial charge >= 0.3 is 0 Å². The number of nitrogens with zero attached hydrogens (tertiary/aromatic N) is 4. The summed E-state index contributed by atoms with van der Waals surface area (Å²) in [5.41, 5.74) is 2.12. The lowest BCUT2D eigenvalue weighted by atomic mass is 9.98. The van der Waals surface area contributed by atoms with Crippen LogP contribution in [0.25, 0.3) is 0 Å². The van der Waals surface area contributed by atoms with Crippen LogP contribution in [0.15, 0.2) is 30.6 Å². The standard InChI is InChI=1S/C20H28N4O2/c1-16-20-22-12-19(15-26-14-18-4-2-3-7-21-18)24(20)9-8-23(16)13-17-5-10-25-11-6-17/h2-4,7,12,16-17H,5-6,8-11,13-15H2,1H3. The van der Waals surface area contributed by atoms with E-state index in [1.54, 1.807) is 6.20 Å². The monoisotopic (exact) mass is 356 g/mol. The number of fused-ring (bicyclic) bond motifs is 1. The Labute approximate surface area is 155 Å². The Morgan fingerprint density at radius 3 is 2.85 bits per heavy atom. The van der Waals surface area contributed by atoms with E-state index in [-0.39, 0.29) is 0 Å². The Bertz CT molecular complexity index is 697. The molecule has 1 saturated heterocycles. The number of rotatable bonds is 6. The van der Waals surface area contributed by atoms with Crippen LogP contribution in [-0.2, 0) is 29.2 Å². The molecule has 0 amide bonds. The average Bonchev–Trinajstić information content (AvgIpc) is 3.10. The van der Waals surface area contributed by atoms with Crippen LogP contribution >= 0.6 is 0 Å². The van der Waals surface area contributed by atoms with Gasteiger partial charge < -0.3 is 14.0 Å². The van der Waals surface area contributed by atoms with Gasteiger partial charge in [0.1, 0.15) is 5.82 Å². The lowest BCUT2D eigenvalue weighted by molar-refractivity contribution is 0.0402. The predicted octanol–water partition coefficient (Wildman–Crippen LogP) is 2.80. The van der Waals surface area contributed by atoms with Gasteiger partial charge in [-0.25, -0.2) is 4.98 Å². The lowest BCUT2D eigenvalue weighted by Gasteiger charge is -2.37. The SMILES string of the molecule is CC1c2ncc(COCc3ccccn3)n2CCN1CC1CCOCC1. The number of pyridine rings is 1. The zero-order valence-electron chi connectivity index (χ0n) is 15.5. The van der Waals surface area contributed by atoms with E-state index in [9.17, 15) is 0 Å². The van der Waals surface area contributed by atoms with Crippen molar-refractivity contribution in [1.82, 2.24) is 19.4 Å². The molecule has 2 aromatic rings. The smallest absolute Gasteiger partial charge is 0.126 e. The summed E-state index contributed by atoms with van der Waals surface area (Å²) >= 11 is 0. The molecule has 140 valence electrons. The van der Waals surface area contributed by atoms with Gasteiger partial charge in [0.15, 0.2) is 0 Å². The summed E-state index contributed by atoms with van der Waals surface area (Å²) in [6, 6.07) is 6.25. The zero-order valence-corrected chi connectivity index (χ0v) is 15.5. The quantitative estimate of drug-likeness (QED) is 0.797. The maximum absolute atomic E-state index is 5.86. The van der Waals surface area contributed by atoms with Crippen LogP contribution in [0.4, 0.5) is 0 Å². The molecular formula is C20H28N4O2. The molecule has 0 aromatic carbocycles. The van der Waals surface area contributed by atoms with E-state index < -0.39 is 0 Å². The second-order valence-corrected chi connectivity index (χ2v) is 7.30. The van der Waals surface area contributed by atoms with Gasteiger partial charge in [0.2, 0.25) is 0 Å². The Morgan fingerprint density at radius 1 is 1.15 bits per heavy atom. The van der Waals surface area contributed by atoms with Gasteiger partial charge in [-0.2, -0.15) is 0 Å². The third-order valence-electron chi connectivity index (χ3n) is 5.56. The second-order valence-electron chi connectivity index (χ2n) is 7.30. The molecule has 0 spiro atoms. The highest BCUT2D eigenvalue weighted by molar-refractivity contribution is 5.11. The van der Waals surface area contributed by atoms with Crippen LogP contribution in [0.3, 0.4) is 0 Å². The summed E-state index contributed by atoms with van der Waals surface area (Å²) in [5.74, 6) is 1.92. The molecular weight excluding hydrogens is 328 g/mol. The molecule has 0 saturated carbocycles. The minimum atomic E-state index is 0.358. The van der Waals surface area contributed by atoms with Crippen LogP contribution in [0.5, 0.6) is 0 Å². The molecule has 6 nitrogen and oxygen atoms in total. The van der Waals surface area contributed by atoms with Crippen molar-refractivity contribution in [2.24, 2.45) is 5.92 Å². The van der Waals surface area contributed by atoms with Gasteiger partial charge in [0.25, 0.3) is 0 Å². The van der Waals surface area contributed by atoms with Crippen LogP contribution < -0.4 is 0 Å². The fourth-order valence-electron chi connectivity index (χ4n) is 3.97. The third-order valence-corrected chi connectivity index (χ3v) is 5.56. The van der Waals surface area contributed by atoms with Crippen molar-refractivity contribution in [2.45, 2.75) is 45.6 Å². The molecule has 2 aliphatic heterocycles. The van der Waals surface area contributed by atoms with E-state index in [2.05, 4.69) is 21.4 Å². The number of imidazole rings is 1. The first-order chi connectivity index (χ1) is 12.8. The number of aromatic nitrogens is 3. The molecule has 0 N–H and O–H groups in total. The van der Waals surface area contributed by atoms with Gasteiger partial charge in [-0.15, -0.1) is 0 Å². The molecule has 0 radical (unpaired) electrons. The van der Waals surface area contributed by atoms with Crippen LogP contribution in [-0.4, -0.2) is 45.7 Å². The fraction of sp³-hybridized carbons (Fsp3) is 0.600. The van der Waals surface area contributed by atoms with Crippen molar-refractivity contribution in [3.05, 3.63) is 47.8 Å². The minimum absolute atomic E-state index is 0.358. The molecule has 1 atom stereocenters. The zero-order chi connectivity index (χ0) is 17.8. The van der Waals surface area contributed by atoms with E-state index in [1.165, 1.54) is 18.7 Å². The molecule has 1 fully saturated rings. The van der Waals surface area contributed by atoms with Crippen molar-refractivity contribution >= 4 is 0 Å². The van der Waals surface area contributed by atoms with E-state index >= 15 is 0 Å². The van der Waals surface area contributed by atoms with Crippen LogP contribution in [0.2, 0.25) is 0 Å². The number of hydrogen-bond donors (Lipinski definition) is 0. The summed E-state index contributed by atoms with van der Waals surface area (Å²) < 4.78 is 13.7. The molecule has 0 bridgehead atoms. The Morgan fingerprint density at radius 2 is 2.04 bits per heavy atom. The average molecular weight is 356 g/mol.